The molecule has 0 unspecified atom stereocenters. The van der Waals surface area contributed by atoms with Crippen molar-refractivity contribution in [2.45, 2.75) is 6.42 Å². The minimum Gasteiger partial charge on any atom is -0.502 e. The normalized spacial score (nSPS) is 18.6. The van der Waals surface area contributed by atoms with Gasteiger partial charge in [0.1, 0.15) is 5.82 Å². The first-order valence-electron chi connectivity index (χ1n) is 6.35. The highest BCUT2D eigenvalue weighted by atomic mass is 35.5. The van der Waals surface area contributed by atoms with Gasteiger partial charge in [0, 0.05) is 6.54 Å². The smallest absolute Gasteiger partial charge is 0.261 e. The van der Waals surface area contributed by atoms with E-state index < -0.39 is 28.1 Å². The fourth-order valence-electron chi connectivity index (χ4n) is 2.35. The molecule has 3 rings (SSSR count). The zero-order chi connectivity index (χ0) is 16.1. The van der Waals surface area contributed by atoms with Crippen LogP contribution in [0.1, 0.15) is 6.42 Å². The van der Waals surface area contributed by atoms with Crippen molar-refractivity contribution in [1.82, 2.24) is 0 Å². The third-order valence-electron chi connectivity index (χ3n) is 3.39. The van der Waals surface area contributed by atoms with Crippen molar-refractivity contribution >= 4 is 28.3 Å². The minimum atomic E-state index is -3.13. The summed E-state index contributed by atoms with van der Waals surface area (Å²) in [5, 5.41) is 20.0. The molecule has 0 atom stereocenters. The molecular weight excluding hydrogens is 337 g/mol. The molecule has 120 valence electrons. The van der Waals surface area contributed by atoms with Crippen LogP contribution in [0.4, 0.5) is 10.3 Å². The summed E-state index contributed by atoms with van der Waals surface area (Å²) >= 11 is 5.91. The molecule has 1 aromatic heterocycles. The molecule has 0 saturated carbocycles. The highest BCUT2D eigenvalue weighted by Gasteiger charge is 2.36. The fraction of sp³-hybridized carbons (Fsp3) is 0.231. The van der Waals surface area contributed by atoms with Crippen molar-refractivity contribution in [3.05, 3.63) is 29.0 Å². The average molecular weight is 350 g/mol. The molecule has 2 aromatic rings. The second-order valence-corrected chi connectivity index (χ2v) is 7.34. The summed E-state index contributed by atoms with van der Waals surface area (Å²) in [5.74, 6) is -2.68. The van der Waals surface area contributed by atoms with Crippen LogP contribution < -0.4 is 4.31 Å². The Morgan fingerprint density at radius 2 is 1.95 bits per heavy atom. The Balaban J connectivity index is 2.15. The van der Waals surface area contributed by atoms with Crippen molar-refractivity contribution in [2.24, 2.45) is 0 Å². The Hall–Kier alpha value is -1.61. The molecule has 2 heterocycles. The molecule has 0 spiro atoms. The van der Waals surface area contributed by atoms with E-state index in [1.54, 1.807) is 0 Å². The van der Waals surface area contributed by atoms with Crippen LogP contribution in [0.15, 0.2) is 22.6 Å². The zero-order valence-corrected chi connectivity index (χ0v) is 12.7. The number of rotatable bonds is 2. The Morgan fingerprint density at radius 1 is 1.23 bits per heavy atom. The van der Waals surface area contributed by atoms with Crippen LogP contribution in [0.3, 0.4) is 0 Å². The number of hydrogen-bond donors (Lipinski definition) is 4. The topological polar surface area (TPSA) is 97.3 Å². The van der Waals surface area contributed by atoms with Crippen LogP contribution in [-0.2, 0) is 0 Å². The number of furan rings is 1. The summed E-state index contributed by atoms with van der Waals surface area (Å²) in [5.41, 5.74) is -0.209. The molecule has 1 fully saturated rings. The average Bonchev–Trinajstić information content (AvgIpc) is 2.92. The number of aromatic hydroxyl groups is 2. The van der Waals surface area contributed by atoms with E-state index in [0.717, 1.165) is 10.4 Å². The lowest BCUT2D eigenvalue weighted by Crippen LogP contribution is -2.21. The van der Waals surface area contributed by atoms with Crippen molar-refractivity contribution in [3.8, 4) is 22.8 Å². The van der Waals surface area contributed by atoms with E-state index in [4.69, 9.17) is 16.0 Å². The Labute approximate surface area is 131 Å². The van der Waals surface area contributed by atoms with Crippen molar-refractivity contribution in [3.63, 3.8) is 0 Å². The van der Waals surface area contributed by atoms with Crippen LogP contribution in [0, 0.1) is 5.82 Å². The molecule has 4 N–H and O–H groups in total. The molecule has 0 aliphatic carbocycles. The molecule has 1 aromatic carbocycles. The molecule has 6 nitrogen and oxygen atoms in total. The molecule has 0 amide bonds. The third kappa shape index (κ3) is 2.28. The monoisotopic (exact) mass is 349 g/mol. The van der Waals surface area contributed by atoms with E-state index in [1.165, 1.54) is 12.1 Å². The van der Waals surface area contributed by atoms with Crippen molar-refractivity contribution < 1.29 is 28.1 Å². The van der Waals surface area contributed by atoms with E-state index in [-0.39, 0.29) is 34.5 Å². The molecule has 22 heavy (non-hydrogen) atoms. The molecule has 1 saturated heterocycles. The molecule has 0 radical (unpaired) electrons. The Bertz CT molecular complexity index is 715. The lowest BCUT2D eigenvalue weighted by molar-refractivity contribution is 0.408. The van der Waals surface area contributed by atoms with Gasteiger partial charge in [0.2, 0.25) is 11.5 Å². The van der Waals surface area contributed by atoms with Crippen molar-refractivity contribution in [2.75, 3.05) is 16.6 Å². The predicted molar refractivity (Wildman–Crippen MR) is 82.1 cm³/mol. The van der Waals surface area contributed by atoms with Crippen LogP contribution in [0.25, 0.3) is 11.3 Å². The highest BCUT2D eigenvalue weighted by Crippen LogP contribution is 2.57. The maximum absolute atomic E-state index is 13.9. The SMILES string of the molecule is Oc1c(-c2c(F)cccc2Cl)oc(N2CCCS2(O)O)c1O. The van der Waals surface area contributed by atoms with E-state index in [9.17, 15) is 23.7 Å². The minimum absolute atomic E-state index is 0.0105. The van der Waals surface area contributed by atoms with Gasteiger partial charge in [-0.25, -0.2) is 8.70 Å². The first kappa shape index (κ1) is 15.3. The lowest BCUT2D eigenvalue weighted by atomic mass is 10.1. The van der Waals surface area contributed by atoms with Gasteiger partial charge in [0.05, 0.1) is 16.3 Å². The second-order valence-electron chi connectivity index (χ2n) is 4.82. The largest absolute Gasteiger partial charge is 0.502 e. The fourth-order valence-corrected chi connectivity index (χ4v) is 4.14. The molecule has 1 aliphatic heterocycles. The number of halogens is 2. The Kier molecular flexibility index (Phi) is 3.64. The van der Waals surface area contributed by atoms with Gasteiger partial charge in [0.15, 0.2) is 5.76 Å². The molecular formula is C13H13ClFNO5S. The summed E-state index contributed by atoms with van der Waals surface area (Å²) in [4.78, 5) is 0. The van der Waals surface area contributed by atoms with E-state index >= 15 is 0 Å². The number of nitrogens with zero attached hydrogens (tertiary/aromatic N) is 1. The van der Waals surface area contributed by atoms with Gasteiger partial charge in [-0.2, -0.15) is 0 Å². The van der Waals surface area contributed by atoms with Gasteiger partial charge in [-0.05, 0) is 18.6 Å². The van der Waals surface area contributed by atoms with Crippen molar-refractivity contribution in [1.29, 1.82) is 0 Å². The van der Waals surface area contributed by atoms with Gasteiger partial charge in [-0.3, -0.25) is 9.11 Å². The quantitative estimate of drug-likeness (QED) is 0.653. The summed E-state index contributed by atoms with van der Waals surface area (Å²) in [7, 11) is -3.13. The zero-order valence-electron chi connectivity index (χ0n) is 11.2. The van der Waals surface area contributed by atoms with Gasteiger partial charge < -0.3 is 14.6 Å². The lowest BCUT2D eigenvalue weighted by Gasteiger charge is -2.35. The van der Waals surface area contributed by atoms with Crippen LogP contribution in [0.5, 0.6) is 11.5 Å². The first-order valence-corrected chi connectivity index (χ1v) is 8.40. The van der Waals surface area contributed by atoms with Gasteiger partial charge in [-0.15, -0.1) is 10.8 Å². The van der Waals surface area contributed by atoms with Gasteiger partial charge in [-0.1, -0.05) is 17.7 Å². The van der Waals surface area contributed by atoms with Crippen LogP contribution in [-0.4, -0.2) is 31.6 Å². The number of hydrogen-bond acceptors (Lipinski definition) is 6. The number of anilines is 1. The van der Waals surface area contributed by atoms with Crippen LogP contribution in [0.2, 0.25) is 5.02 Å². The van der Waals surface area contributed by atoms with Gasteiger partial charge in [0.25, 0.3) is 5.88 Å². The third-order valence-corrected chi connectivity index (χ3v) is 5.60. The summed E-state index contributed by atoms with van der Waals surface area (Å²) in [6.07, 6.45) is 0.485. The Morgan fingerprint density at radius 3 is 2.55 bits per heavy atom. The standard InChI is InChI=1S/C13H13ClFNO5S/c14-7-3-1-4-8(15)9(7)12-10(17)11(18)13(21-12)16-5-2-6-22(16,19)20/h1,3-4,17-20H,2,5-6H2. The van der Waals surface area contributed by atoms with Gasteiger partial charge >= 0.3 is 0 Å². The predicted octanol–water partition coefficient (Wildman–Crippen LogP) is 4.03. The summed E-state index contributed by atoms with van der Waals surface area (Å²) in [6.45, 7) is 0.229. The molecule has 1 aliphatic rings. The molecule has 0 bridgehead atoms. The highest BCUT2D eigenvalue weighted by molar-refractivity contribution is 8.25. The maximum Gasteiger partial charge on any atom is 0.261 e. The second kappa shape index (κ2) is 5.24. The molecule has 9 heteroatoms. The van der Waals surface area contributed by atoms with E-state index in [1.807, 2.05) is 0 Å². The first-order chi connectivity index (χ1) is 10.3. The van der Waals surface area contributed by atoms with E-state index in [2.05, 4.69) is 0 Å². The van der Waals surface area contributed by atoms with E-state index in [0.29, 0.717) is 6.42 Å². The maximum atomic E-state index is 13.9. The van der Waals surface area contributed by atoms with Crippen LogP contribution >= 0.6 is 22.4 Å². The summed E-state index contributed by atoms with van der Waals surface area (Å²) < 4.78 is 40.2. The number of benzene rings is 1. The summed E-state index contributed by atoms with van der Waals surface area (Å²) in [6, 6.07) is 3.92.